The Bertz CT molecular complexity index is 654. The van der Waals surface area contributed by atoms with Gasteiger partial charge in [0.1, 0.15) is 0 Å². The number of carbonyl (C=O) groups is 1. The van der Waals surface area contributed by atoms with Crippen LogP contribution in [0.3, 0.4) is 0 Å². The van der Waals surface area contributed by atoms with Crippen LogP contribution in [0.4, 0.5) is 5.69 Å². The largest absolute Gasteiger partial charge is 0.409 e. The van der Waals surface area contributed by atoms with Crippen LogP contribution < -0.4 is 11.1 Å². The first-order valence-electron chi connectivity index (χ1n) is 5.75. The molecule has 0 saturated carbocycles. The predicted molar refractivity (Wildman–Crippen MR) is 78.4 cm³/mol. The lowest BCUT2D eigenvalue weighted by Crippen LogP contribution is -2.15. The van der Waals surface area contributed by atoms with Crippen LogP contribution in [0.2, 0.25) is 5.02 Å². The van der Waals surface area contributed by atoms with Gasteiger partial charge in [0.25, 0.3) is 5.91 Å². The van der Waals surface area contributed by atoms with Gasteiger partial charge in [0.15, 0.2) is 5.84 Å². The van der Waals surface area contributed by atoms with E-state index >= 15 is 0 Å². The molecule has 0 bridgehead atoms. The molecule has 2 rings (SSSR count). The summed E-state index contributed by atoms with van der Waals surface area (Å²) < 4.78 is 0. The number of hydrogen-bond donors (Lipinski definition) is 3. The van der Waals surface area contributed by atoms with Crippen molar-refractivity contribution < 1.29 is 10.0 Å². The molecule has 0 fully saturated rings. The minimum atomic E-state index is -0.288. The number of rotatable bonds is 3. The summed E-state index contributed by atoms with van der Waals surface area (Å²) in [5.41, 5.74) is 6.96. The van der Waals surface area contributed by atoms with Crippen LogP contribution in [-0.2, 0) is 0 Å². The van der Waals surface area contributed by atoms with E-state index in [0.717, 1.165) is 0 Å². The Balaban J connectivity index is 2.16. The van der Waals surface area contributed by atoms with Gasteiger partial charge in [0.2, 0.25) is 0 Å². The molecule has 5 nitrogen and oxygen atoms in total. The maximum atomic E-state index is 12.0. The Morgan fingerprint density at radius 3 is 2.30 bits per heavy atom. The lowest BCUT2D eigenvalue weighted by Gasteiger charge is -2.07. The summed E-state index contributed by atoms with van der Waals surface area (Å²) >= 11 is 5.97. The molecule has 0 heterocycles. The summed E-state index contributed by atoms with van der Waals surface area (Å²) in [7, 11) is 0. The van der Waals surface area contributed by atoms with Crippen LogP contribution in [0.1, 0.15) is 15.9 Å². The van der Waals surface area contributed by atoms with Gasteiger partial charge < -0.3 is 16.3 Å². The normalized spacial score (nSPS) is 11.2. The number of anilines is 1. The molecule has 0 atom stereocenters. The van der Waals surface area contributed by atoms with E-state index < -0.39 is 0 Å². The SMILES string of the molecule is N/C(=N\O)c1ccc(C(=O)Nc2ccccc2Cl)cc1. The number of amidine groups is 1. The number of hydrogen-bond acceptors (Lipinski definition) is 3. The molecular formula is C14H12ClN3O2. The van der Waals surface area contributed by atoms with E-state index in [2.05, 4.69) is 10.5 Å². The molecule has 0 saturated heterocycles. The maximum Gasteiger partial charge on any atom is 0.255 e. The number of nitrogens with zero attached hydrogens (tertiary/aromatic N) is 1. The highest BCUT2D eigenvalue weighted by molar-refractivity contribution is 6.33. The number of para-hydroxylation sites is 1. The van der Waals surface area contributed by atoms with Crippen molar-refractivity contribution in [1.29, 1.82) is 0 Å². The van der Waals surface area contributed by atoms with Crippen molar-refractivity contribution in [3.05, 3.63) is 64.7 Å². The Kier molecular flexibility index (Phi) is 4.22. The Morgan fingerprint density at radius 1 is 1.10 bits per heavy atom. The number of nitrogens with two attached hydrogens (primary N) is 1. The molecule has 0 unspecified atom stereocenters. The van der Waals surface area contributed by atoms with Crippen LogP contribution in [0, 0.1) is 0 Å². The number of nitrogens with one attached hydrogen (secondary N) is 1. The van der Waals surface area contributed by atoms with Gasteiger partial charge in [-0.1, -0.05) is 41.0 Å². The molecule has 2 aromatic carbocycles. The van der Waals surface area contributed by atoms with Crippen LogP contribution in [0.15, 0.2) is 53.7 Å². The standard InChI is InChI=1S/C14H12ClN3O2/c15-11-3-1-2-4-12(11)17-14(19)10-7-5-9(6-8-10)13(16)18-20/h1-8,20H,(H2,16,18)(H,17,19). The zero-order chi connectivity index (χ0) is 14.5. The summed E-state index contributed by atoms with van der Waals surface area (Å²) in [4.78, 5) is 12.0. The molecule has 2 aromatic rings. The number of oxime groups is 1. The number of carbonyl (C=O) groups excluding carboxylic acids is 1. The van der Waals surface area contributed by atoms with Crippen LogP contribution in [0.25, 0.3) is 0 Å². The molecule has 0 aliphatic carbocycles. The molecule has 0 aliphatic rings. The minimum absolute atomic E-state index is 0.0111. The molecular weight excluding hydrogens is 278 g/mol. The van der Waals surface area contributed by atoms with Gasteiger partial charge in [-0.05, 0) is 24.3 Å². The lowest BCUT2D eigenvalue weighted by molar-refractivity contribution is 0.102. The zero-order valence-electron chi connectivity index (χ0n) is 10.4. The van der Waals surface area contributed by atoms with Crippen molar-refractivity contribution in [2.45, 2.75) is 0 Å². The quantitative estimate of drug-likeness (QED) is 0.351. The van der Waals surface area contributed by atoms with E-state index in [1.807, 2.05) is 0 Å². The van der Waals surface area contributed by atoms with E-state index in [1.54, 1.807) is 48.5 Å². The fourth-order valence-electron chi connectivity index (χ4n) is 1.61. The van der Waals surface area contributed by atoms with E-state index in [-0.39, 0.29) is 11.7 Å². The Hall–Kier alpha value is -2.53. The summed E-state index contributed by atoms with van der Waals surface area (Å²) in [6.45, 7) is 0. The third-order valence-corrected chi connectivity index (χ3v) is 3.00. The van der Waals surface area contributed by atoms with Gasteiger partial charge in [-0.25, -0.2) is 0 Å². The molecule has 102 valence electrons. The summed E-state index contributed by atoms with van der Waals surface area (Å²) in [6, 6.07) is 13.3. The second kappa shape index (κ2) is 6.08. The number of amides is 1. The molecule has 6 heteroatoms. The first-order chi connectivity index (χ1) is 9.61. The van der Waals surface area contributed by atoms with E-state index in [0.29, 0.717) is 21.8 Å². The predicted octanol–water partition coefficient (Wildman–Crippen LogP) is 2.69. The first kappa shape index (κ1) is 13.9. The Morgan fingerprint density at radius 2 is 1.70 bits per heavy atom. The molecule has 1 amide bonds. The third-order valence-electron chi connectivity index (χ3n) is 2.67. The smallest absolute Gasteiger partial charge is 0.255 e. The molecule has 4 N–H and O–H groups in total. The fourth-order valence-corrected chi connectivity index (χ4v) is 1.79. The van der Waals surface area contributed by atoms with Gasteiger partial charge in [-0.15, -0.1) is 0 Å². The zero-order valence-corrected chi connectivity index (χ0v) is 11.1. The first-order valence-corrected chi connectivity index (χ1v) is 6.13. The van der Waals surface area contributed by atoms with Crippen molar-refractivity contribution in [3.63, 3.8) is 0 Å². The number of benzene rings is 2. The van der Waals surface area contributed by atoms with Crippen molar-refractivity contribution in [1.82, 2.24) is 0 Å². The number of halogens is 1. The van der Waals surface area contributed by atoms with E-state index in [1.165, 1.54) is 0 Å². The Labute approximate surface area is 120 Å². The molecule has 20 heavy (non-hydrogen) atoms. The van der Waals surface area contributed by atoms with E-state index in [4.69, 9.17) is 22.5 Å². The highest BCUT2D eigenvalue weighted by atomic mass is 35.5. The second-order valence-electron chi connectivity index (χ2n) is 4.00. The van der Waals surface area contributed by atoms with Gasteiger partial charge in [-0.2, -0.15) is 0 Å². The van der Waals surface area contributed by atoms with E-state index in [9.17, 15) is 4.79 Å². The fraction of sp³-hybridized carbons (Fsp3) is 0. The summed E-state index contributed by atoms with van der Waals surface area (Å²) in [6.07, 6.45) is 0. The molecule has 0 radical (unpaired) electrons. The summed E-state index contributed by atoms with van der Waals surface area (Å²) in [5, 5.41) is 14.6. The van der Waals surface area contributed by atoms with Crippen LogP contribution >= 0.6 is 11.6 Å². The van der Waals surface area contributed by atoms with Crippen LogP contribution in [0.5, 0.6) is 0 Å². The second-order valence-corrected chi connectivity index (χ2v) is 4.40. The topological polar surface area (TPSA) is 87.7 Å². The van der Waals surface area contributed by atoms with Gasteiger partial charge >= 0.3 is 0 Å². The van der Waals surface area contributed by atoms with Gasteiger partial charge in [0.05, 0.1) is 10.7 Å². The molecule has 0 spiro atoms. The van der Waals surface area contributed by atoms with Crippen molar-refractivity contribution in [2.24, 2.45) is 10.9 Å². The maximum absolute atomic E-state index is 12.0. The van der Waals surface area contributed by atoms with Gasteiger partial charge in [0, 0.05) is 11.1 Å². The van der Waals surface area contributed by atoms with Crippen molar-refractivity contribution >= 4 is 29.0 Å². The molecule has 0 aromatic heterocycles. The third kappa shape index (κ3) is 3.07. The minimum Gasteiger partial charge on any atom is -0.409 e. The average Bonchev–Trinajstić information content (AvgIpc) is 2.49. The lowest BCUT2D eigenvalue weighted by atomic mass is 10.1. The monoisotopic (exact) mass is 289 g/mol. The highest BCUT2D eigenvalue weighted by Crippen LogP contribution is 2.21. The van der Waals surface area contributed by atoms with Crippen molar-refractivity contribution in [2.75, 3.05) is 5.32 Å². The van der Waals surface area contributed by atoms with Crippen molar-refractivity contribution in [3.8, 4) is 0 Å². The summed E-state index contributed by atoms with van der Waals surface area (Å²) in [5.74, 6) is -0.299. The average molecular weight is 290 g/mol. The highest BCUT2D eigenvalue weighted by Gasteiger charge is 2.08. The van der Waals surface area contributed by atoms with Gasteiger partial charge in [-0.3, -0.25) is 4.79 Å². The molecule has 0 aliphatic heterocycles. The van der Waals surface area contributed by atoms with Crippen LogP contribution in [-0.4, -0.2) is 17.0 Å².